The lowest BCUT2D eigenvalue weighted by Crippen LogP contribution is -2.33. The SMILES string of the molecule is Cl.O=C(NCCC1CCCNC1)c1cc2c(s1)CCOC2. The van der Waals surface area contributed by atoms with Crippen molar-refractivity contribution in [2.75, 3.05) is 26.2 Å². The summed E-state index contributed by atoms with van der Waals surface area (Å²) in [4.78, 5) is 14.3. The van der Waals surface area contributed by atoms with Crippen LogP contribution < -0.4 is 10.6 Å². The molecule has 2 aliphatic rings. The van der Waals surface area contributed by atoms with Crippen LogP contribution in [-0.4, -0.2) is 32.1 Å². The maximum absolute atomic E-state index is 12.1. The van der Waals surface area contributed by atoms with Crippen molar-refractivity contribution in [1.82, 2.24) is 10.6 Å². The van der Waals surface area contributed by atoms with Gasteiger partial charge in [0.1, 0.15) is 0 Å². The zero-order valence-corrected chi connectivity index (χ0v) is 13.8. The Morgan fingerprint density at radius 3 is 3.19 bits per heavy atom. The summed E-state index contributed by atoms with van der Waals surface area (Å²) in [5, 5.41) is 6.47. The Kier molecular flexibility index (Phi) is 6.48. The molecule has 4 nitrogen and oxygen atoms in total. The standard InChI is InChI=1S/C15H22N2O2S.ClH/c18-15(17-6-3-11-2-1-5-16-9-11)14-8-12-10-19-7-4-13(12)20-14;/h8,11,16H,1-7,9-10H2,(H,17,18);1H. The summed E-state index contributed by atoms with van der Waals surface area (Å²) in [5.41, 5.74) is 1.20. The third kappa shape index (κ3) is 4.42. The van der Waals surface area contributed by atoms with Crippen LogP contribution in [0.2, 0.25) is 0 Å². The van der Waals surface area contributed by atoms with Crippen LogP contribution in [0.3, 0.4) is 0 Å². The van der Waals surface area contributed by atoms with Gasteiger partial charge < -0.3 is 15.4 Å². The number of rotatable bonds is 4. The van der Waals surface area contributed by atoms with E-state index >= 15 is 0 Å². The molecule has 3 rings (SSSR count). The normalized spacial score (nSPS) is 21.2. The molecule has 3 heterocycles. The van der Waals surface area contributed by atoms with E-state index in [4.69, 9.17) is 4.74 Å². The molecule has 1 atom stereocenters. The lowest BCUT2D eigenvalue weighted by molar-refractivity contribution is 0.0954. The molecular formula is C15H23ClN2O2S. The minimum Gasteiger partial charge on any atom is -0.376 e. The molecule has 1 fully saturated rings. The van der Waals surface area contributed by atoms with Gasteiger partial charge in [0, 0.05) is 17.8 Å². The number of carbonyl (C=O) groups is 1. The first kappa shape index (κ1) is 16.7. The van der Waals surface area contributed by atoms with E-state index in [9.17, 15) is 4.79 Å². The van der Waals surface area contributed by atoms with Crippen molar-refractivity contribution >= 4 is 29.7 Å². The maximum Gasteiger partial charge on any atom is 0.261 e. The van der Waals surface area contributed by atoms with Crippen LogP contribution >= 0.6 is 23.7 Å². The van der Waals surface area contributed by atoms with Crippen LogP contribution in [0.1, 0.15) is 39.4 Å². The first-order valence-electron chi connectivity index (χ1n) is 7.51. The molecule has 21 heavy (non-hydrogen) atoms. The number of amides is 1. The highest BCUT2D eigenvalue weighted by Crippen LogP contribution is 2.26. The number of halogens is 1. The summed E-state index contributed by atoms with van der Waals surface area (Å²) >= 11 is 1.63. The van der Waals surface area contributed by atoms with Gasteiger partial charge >= 0.3 is 0 Å². The highest BCUT2D eigenvalue weighted by atomic mass is 35.5. The molecule has 1 aromatic heterocycles. The van der Waals surface area contributed by atoms with Gasteiger partial charge in [0.05, 0.1) is 18.1 Å². The minimum absolute atomic E-state index is 0. The van der Waals surface area contributed by atoms with Crippen LogP contribution in [0.25, 0.3) is 0 Å². The molecule has 1 saturated heterocycles. The van der Waals surface area contributed by atoms with Crippen molar-refractivity contribution in [3.05, 3.63) is 21.4 Å². The number of nitrogens with one attached hydrogen (secondary N) is 2. The van der Waals surface area contributed by atoms with Gasteiger partial charge in [0.15, 0.2) is 0 Å². The zero-order valence-electron chi connectivity index (χ0n) is 12.2. The van der Waals surface area contributed by atoms with Crippen molar-refractivity contribution in [1.29, 1.82) is 0 Å². The number of thiophene rings is 1. The van der Waals surface area contributed by atoms with E-state index in [1.165, 1.54) is 23.3 Å². The lowest BCUT2D eigenvalue weighted by Gasteiger charge is -2.22. The summed E-state index contributed by atoms with van der Waals surface area (Å²) in [6.45, 7) is 4.46. The van der Waals surface area contributed by atoms with Crippen LogP contribution in [0.5, 0.6) is 0 Å². The van der Waals surface area contributed by atoms with Crippen molar-refractivity contribution in [3.8, 4) is 0 Å². The Balaban J connectivity index is 0.00000161. The quantitative estimate of drug-likeness (QED) is 0.891. The number of piperidine rings is 1. The minimum atomic E-state index is 0. The molecule has 6 heteroatoms. The lowest BCUT2D eigenvalue weighted by atomic mass is 9.96. The second kappa shape index (κ2) is 8.13. The molecule has 1 amide bonds. The molecule has 0 aliphatic carbocycles. The summed E-state index contributed by atoms with van der Waals surface area (Å²) < 4.78 is 5.42. The second-order valence-electron chi connectivity index (χ2n) is 5.62. The summed E-state index contributed by atoms with van der Waals surface area (Å²) in [7, 11) is 0. The van der Waals surface area contributed by atoms with Gasteiger partial charge in [-0.15, -0.1) is 23.7 Å². The molecule has 2 aliphatic heterocycles. The summed E-state index contributed by atoms with van der Waals surface area (Å²) in [6.07, 6.45) is 4.57. The summed E-state index contributed by atoms with van der Waals surface area (Å²) in [6, 6.07) is 2.00. The van der Waals surface area contributed by atoms with Crippen molar-refractivity contribution in [2.45, 2.75) is 32.3 Å². The van der Waals surface area contributed by atoms with E-state index in [0.717, 1.165) is 44.0 Å². The molecule has 1 aromatic rings. The van der Waals surface area contributed by atoms with Crippen molar-refractivity contribution in [3.63, 3.8) is 0 Å². The van der Waals surface area contributed by atoms with E-state index < -0.39 is 0 Å². The first-order chi connectivity index (χ1) is 9.83. The fourth-order valence-electron chi connectivity index (χ4n) is 2.91. The molecule has 0 spiro atoms. The molecular weight excluding hydrogens is 308 g/mol. The molecule has 2 N–H and O–H groups in total. The predicted molar refractivity (Wildman–Crippen MR) is 87.5 cm³/mol. The van der Waals surface area contributed by atoms with Crippen LogP contribution in [0, 0.1) is 5.92 Å². The number of fused-ring (bicyclic) bond motifs is 1. The van der Waals surface area contributed by atoms with Crippen molar-refractivity contribution < 1.29 is 9.53 Å². The van der Waals surface area contributed by atoms with Crippen LogP contribution in [0.15, 0.2) is 6.07 Å². The van der Waals surface area contributed by atoms with Gasteiger partial charge in [-0.2, -0.15) is 0 Å². The highest BCUT2D eigenvalue weighted by Gasteiger charge is 2.18. The van der Waals surface area contributed by atoms with E-state index in [-0.39, 0.29) is 18.3 Å². The third-order valence-electron chi connectivity index (χ3n) is 4.09. The topological polar surface area (TPSA) is 50.4 Å². The molecule has 118 valence electrons. The van der Waals surface area contributed by atoms with E-state index in [1.54, 1.807) is 11.3 Å². The van der Waals surface area contributed by atoms with Gasteiger partial charge in [-0.3, -0.25) is 4.79 Å². The fraction of sp³-hybridized carbons (Fsp3) is 0.667. The van der Waals surface area contributed by atoms with Gasteiger partial charge in [-0.05, 0) is 49.9 Å². The average Bonchev–Trinajstić information content (AvgIpc) is 2.92. The van der Waals surface area contributed by atoms with Gasteiger partial charge in [0.2, 0.25) is 0 Å². The summed E-state index contributed by atoms with van der Waals surface area (Å²) in [5.74, 6) is 0.794. The molecule has 1 unspecified atom stereocenters. The average molecular weight is 331 g/mol. The van der Waals surface area contributed by atoms with E-state index in [1.807, 2.05) is 6.07 Å². The smallest absolute Gasteiger partial charge is 0.261 e. The van der Waals surface area contributed by atoms with Crippen molar-refractivity contribution in [2.24, 2.45) is 5.92 Å². The largest absolute Gasteiger partial charge is 0.376 e. The molecule has 0 saturated carbocycles. The van der Waals surface area contributed by atoms with Crippen LogP contribution in [-0.2, 0) is 17.8 Å². The molecule has 0 aromatic carbocycles. The highest BCUT2D eigenvalue weighted by molar-refractivity contribution is 7.14. The van der Waals surface area contributed by atoms with Gasteiger partial charge in [0.25, 0.3) is 5.91 Å². The number of hydrogen-bond acceptors (Lipinski definition) is 4. The third-order valence-corrected chi connectivity index (χ3v) is 5.32. The number of carbonyl (C=O) groups excluding carboxylic acids is 1. The Labute approximate surface area is 136 Å². The van der Waals surface area contributed by atoms with Crippen LogP contribution in [0.4, 0.5) is 0 Å². The number of hydrogen-bond donors (Lipinski definition) is 2. The zero-order chi connectivity index (χ0) is 13.8. The molecule has 0 bridgehead atoms. The van der Waals surface area contributed by atoms with Gasteiger partial charge in [-0.25, -0.2) is 0 Å². The predicted octanol–water partition coefficient (Wildman–Crippen LogP) is 2.36. The molecule has 0 radical (unpaired) electrons. The second-order valence-corrected chi connectivity index (χ2v) is 6.76. The van der Waals surface area contributed by atoms with E-state index in [2.05, 4.69) is 10.6 Å². The maximum atomic E-state index is 12.1. The fourth-order valence-corrected chi connectivity index (χ4v) is 3.97. The van der Waals surface area contributed by atoms with E-state index in [0.29, 0.717) is 12.5 Å². The number of ether oxygens (including phenoxy) is 1. The Morgan fingerprint density at radius 2 is 2.43 bits per heavy atom. The monoisotopic (exact) mass is 330 g/mol. The van der Waals surface area contributed by atoms with Gasteiger partial charge in [-0.1, -0.05) is 0 Å². The Hall–Kier alpha value is -0.620. The first-order valence-corrected chi connectivity index (χ1v) is 8.33. The Bertz CT molecular complexity index is 449. The Morgan fingerprint density at radius 1 is 1.52 bits per heavy atom.